The van der Waals surface area contributed by atoms with Gasteiger partial charge in [-0.15, -0.1) is 12.4 Å². The van der Waals surface area contributed by atoms with E-state index in [-0.39, 0.29) is 19.0 Å². The van der Waals surface area contributed by atoms with Crippen molar-refractivity contribution in [2.75, 3.05) is 6.54 Å². The first kappa shape index (κ1) is 22.2. The highest BCUT2D eigenvalue weighted by Gasteiger charge is 2.48. The number of aryl methyl sites for hydroxylation is 1. The molecule has 9 nitrogen and oxygen atoms in total. The Hall–Kier alpha value is -1.98. The van der Waals surface area contributed by atoms with Crippen LogP contribution in [0.4, 0.5) is 5.82 Å². The molecule has 1 aromatic heterocycles. The summed E-state index contributed by atoms with van der Waals surface area (Å²) in [6.07, 6.45) is -3.33. The van der Waals surface area contributed by atoms with Crippen molar-refractivity contribution < 1.29 is 25.2 Å². The molecule has 1 saturated heterocycles. The number of halogens is 2. The Morgan fingerprint density at radius 2 is 1.97 bits per heavy atom. The zero-order valence-corrected chi connectivity index (χ0v) is 18.0. The van der Waals surface area contributed by atoms with E-state index in [4.69, 9.17) is 16.3 Å². The topological polar surface area (TPSA) is 123 Å². The number of fused-ring (bicyclic) bond motifs is 3. The summed E-state index contributed by atoms with van der Waals surface area (Å²) in [5, 5.41) is 42.6. The van der Waals surface area contributed by atoms with E-state index in [0.717, 1.165) is 5.56 Å². The maximum absolute atomic E-state index is 10.8. The standard InChI is InChI=1S/C20H21ClN4O5.ClH/c1-9-6-10(2-3-12(9)21)14(27)17-15(28)16(29)20(30-17)24-5-4-11-18-22-7-13(26)25(18)8-23-19(11)24;/h2-6,8,13-17,20,26-29H,7H2,1H3;1H/t13?,14-,15+,16-,17-,20-;/m1./s1. The average Bonchev–Trinajstić information content (AvgIpc) is 3.40. The second-order valence-electron chi connectivity index (χ2n) is 7.68. The predicted octanol–water partition coefficient (Wildman–Crippen LogP) is 1.28. The molecule has 11 heteroatoms. The summed E-state index contributed by atoms with van der Waals surface area (Å²) in [5.74, 6) is 1.08. The molecule has 0 spiro atoms. The van der Waals surface area contributed by atoms with Gasteiger partial charge in [-0.05, 0) is 30.2 Å². The van der Waals surface area contributed by atoms with Crippen LogP contribution in [-0.4, -0.2) is 73.2 Å². The van der Waals surface area contributed by atoms with Crippen molar-refractivity contribution in [2.45, 2.75) is 43.8 Å². The minimum Gasteiger partial charge on any atom is -0.387 e. The number of aliphatic hydroxyl groups is 4. The van der Waals surface area contributed by atoms with Crippen LogP contribution in [0.1, 0.15) is 29.0 Å². The number of hydrogen-bond donors (Lipinski definition) is 4. The van der Waals surface area contributed by atoms with Gasteiger partial charge in [0.2, 0.25) is 0 Å². The number of hydrogen-bond acceptors (Lipinski definition) is 8. The lowest BCUT2D eigenvalue weighted by Gasteiger charge is -2.25. The normalized spacial score (nSPS) is 29.9. The molecule has 1 fully saturated rings. The summed E-state index contributed by atoms with van der Waals surface area (Å²) >= 11 is 6.05. The van der Waals surface area contributed by atoms with Crippen molar-refractivity contribution in [1.29, 1.82) is 0 Å². The van der Waals surface area contributed by atoms with E-state index in [1.165, 1.54) is 6.34 Å². The molecule has 0 amide bonds. The zero-order chi connectivity index (χ0) is 21.2. The third kappa shape index (κ3) is 3.46. The van der Waals surface area contributed by atoms with Crippen LogP contribution in [0.2, 0.25) is 5.02 Å². The van der Waals surface area contributed by atoms with Gasteiger partial charge in [0.15, 0.2) is 12.5 Å². The van der Waals surface area contributed by atoms with E-state index in [2.05, 4.69) is 9.98 Å². The molecule has 0 radical (unpaired) electrons. The lowest BCUT2D eigenvalue weighted by molar-refractivity contribution is -0.0854. The maximum atomic E-state index is 10.8. The van der Waals surface area contributed by atoms with Crippen LogP contribution in [0.15, 0.2) is 40.4 Å². The molecule has 2 aromatic rings. The van der Waals surface area contributed by atoms with Crippen molar-refractivity contribution >= 4 is 42.0 Å². The van der Waals surface area contributed by atoms with Gasteiger partial charge >= 0.3 is 0 Å². The second kappa shape index (κ2) is 8.18. The number of ether oxygens (including phenoxy) is 1. The SMILES string of the molecule is Cc1cc([C@@H](O)[C@H]2O[C@@H](n3ccc4c3N=CN3C4=NCC3O)[C@H](O)[C@@H]2O)ccc1Cl.Cl. The van der Waals surface area contributed by atoms with E-state index in [1.807, 2.05) is 6.92 Å². The van der Waals surface area contributed by atoms with Gasteiger partial charge in [0.05, 0.1) is 12.1 Å². The van der Waals surface area contributed by atoms with Crippen LogP contribution in [-0.2, 0) is 4.74 Å². The minimum atomic E-state index is -1.31. The molecule has 3 aliphatic rings. The first-order valence-corrected chi connectivity index (χ1v) is 9.96. The van der Waals surface area contributed by atoms with Gasteiger partial charge in [0.25, 0.3) is 0 Å². The summed E-state index contributed by atoms with van der Waals surface area (Å²) in [7, 11) is 0. The van der Waals surface area contributed by atoms with E-state index >= 15 is 0 Å². The lowest BCUT2D eigenvalue weighted by Crippen LogP contribution is -2.37. The second-order valence-corrected chi connectivity index (χ2v) is 8.09. The van der Waals surface area contributed by atoms with Gasteiger partial charge in [-0.25, -0.2) is 4.99 Å². The van der Waals surface area contributed by atoms with Crippen LogP contribution in [0.3, 0.4) is 0 Å². The van der Waals surface area contributed by atoms with Crippen molar-refractivity contribution in [3.8, 4) is 0 Å². The molecule has 166 valence electrons. The number of amidine groups is 1. The monoisotopic (exact) mass is 468 g/mol. The summed E-state index contributed by atoms with van der Waals surface area (Å²) in [6, 6.07) is 6.83. The summed E-state index contributed by atoms with van der Waals surface area (Å²) in [5.41, 5.74) is 2.01. The summed E-state index contributed by atoms with van der Waals surface area (Å²) in [4.78, 5) is 10.3. The molecular formula is C20H22Cl2N4O5. The van der Waals surface area contributed by atoms with Crippen LogP contribution >= 0.6 is 24.0 Å². The predicted molar refractivity (Wildman–Crippen MR) is 116 cm³/mol. The average molecular weight is 469 g/mol. The number of nitrogens with zero attached hydrogens (tertiary/aromatic N) is 4. The number of rotatable bonds is 3. The Kier molecular flexibility index (Phi) is 5.86. The van der Waals surface area contributed by atoms with Crippen LogP contribution in [0.25, 0.3) is 0 Å². The number of aromatic nitrogens is 1. The fourth-order valence-electron chi connectivity index (χ4n) is 4.12. The summed E-state index contributed by atoms with van der Waals surface area (Å²) < 4.78 is 7.52. The first-order valence-electron chi connectivity index (χ1n) is 9.59. The Morgan fingerprint density at radius 3 is 2.71 bits per heavy atom. The van der Waals surface area contributed by atoms with Gasteiger partial charge in [0.1, 0.15) is 42.4 Å². The van der Waals surface area contributed by atoms with Gasteiger partial charge in [0, 0.05) is 11.2 Å². The third-order valence-corrected chi connectivity index (χ3v) is 6.21. The van der Waals surface area contributed by atoms with Crippen LogP contribution < -0.4 is 0 Å². The molecule has 3 aliphatic heterocycles. The minimum absolute atomic E-state index is 0. The number of aliphatic hydroxyl groups excluding tert-OH is 4. The van der Waals surface area contributed by atoms with Crippen LogP contribution in [0.5, 0.6) is 0 Å². The largest absolute Gasteiger partial charge is 0.387 e. The molecule has 6 atom stereocenters. The van der Waals surface area contributed by atoms with Gasteiger partial charge in [-0.3, -0.25) is 9.89 Å². The molecule has 1 aromatic carbocycles. The first-order chi connectivity index (χ1) is 14.4. The highest BCUT2D eigenvalue weighted by molar-refractivity contribution is 6.31. The van der Waals surface area contributed by atoms with Crippen molar-refractivity contribution in [1.82, 2.24) is 9.47 Å². The van der Waals surface area contributed by atoms with Gasteiger partial charge in [-0.1, -0.05) is 23.7 Å². The summed E-state index contributed by atoms with van der Waals surface area (Å²) in [6.45, 7) is 2.07. The molecule has 1 unspecified atom stereocenters. The maximum Gasteiger partial charge on any atom is 0.164 e. The Bertz CT molecular complexity index is 1060. The van der Waals surface area contributed by atoms with Crippen LogP contribution in [0, 0.1) is 6.92 Å². The quantitative estimate of drug-likeness (QED) is 0.537. The fraction of sp³-hybridized carbons (Fsp3) is 0.400. The third-order valence-electron chi connectivity index (χ3n) is 5.79. The van der Waals surface area contributed by atoms with E-state index in [9.17, 15) is 20.4 Å². The smallest absolute Gasteiger partial charge is 0.164 e. The molecule has 0 bridgehead atoms. The van der Waals surface area contributed by atoms with Crippen molar-refractivity contribution in [3.05, 3.63) is 52.2 Å². The van der Waals surface area contributed by atoms with E-state index < -0.39 is 36.9 Å². The van der Waals surface area contributed by atoms with Gasteiger partial charge in [-0.2, -0.15) is 0 Å². The highest BCUT2D eigenvalue weighted by Crippen LogP contribution is 2.40. The lowest BCUT2D eigenvalue weighted by atomic mass is 9.98. The Morgan fingerprint density at radius 1 is 1.19 bits per heavy atom. The Labute approximate surface area is 189 Å². The molecule has 4 heterocycles. The highest BCUT2D eigenvalue weighted by atomic mass is 35.5. The number of benzene rings is 1. The molecule has 0 saturated carbocycles. The zero-order valence-electron chi connectivity index (χ0n) is 16.4. The Balaban J connectivity index is 0.00000231. The van der Waals surface area contributed by atoms with Gasteiger partial charge < -0.3 is 29.7 Å². The molecule has 4 N–H and O–H groups in total. The number of aliphatic imine (C=N–C) groups is 2. The fourth-order valence-corrected chi connectivity index (χ4v) is 4.24. The molecule has 31 heavy (non-hydrogen) atoms. The molecular weight excluding hydrogens is 447 g/mol. The van der Waals surface area contributed by atoms with Crippen molar-refractivity contribution in [2.24, 2.45) is 9.98 Å². The molecule has 5 rings (SSSR count). The van der Waals surface area contributed by atoms with Crippen molar-refractivity contribution in [3.63, 3.8) is 0 Å². The molecule has 0 aliphatic carbocycles. The van der Waals surface area contributed by atoms with E-state index in [0.29, 0.717) is 27.8 Å². The van der Waals surface area contributed by atoms with E-state index in [1.54, 1.807) is 39.9 Å².